The standard InChI is InChI=1S/C13H23NO2S/c1-11-9-14(7-8-17-10-11)12(15)3-6-13(16)4-2-5-13/h11,16H,2-10H2,1H3. The molecule has 0 aromatic rings. The minimum Gasteiger partial charge on any atom is -0.390 e. The van der Waals surface area contributed by atoms with Gasteiger partial charge in [-0.2, -0.15) is 11.8 Å². The minimum absolute atomic E-state index is 0.236. The number of hydrogen-bond acceptors (Lipinski definition) is 3. The van der Waals surface area contributed by atoms with Crippen molar-refractivity contribution in [2.45, 2.75) is 44.6 Å². The largest absolute Gasteiger partial charge is 0.390 e. The van der Waals surface area contributed by atoms with Crippen LogP contribution >= 0.6 is 11.8 Å². The normalized spacial score (nSPS) is 28.4. The summed E-state index contributed by atoms with van der Waals surface area (Å²) in [6.07, 6.45) is 4.05. The highest BCUT2D eigenvalue weighted by Crippen LogP contribution is 2.35. The number of nitrogens with zero attached hydrogens (tertiary/aromatic N) is 1. The van der Waals surface area contributed by atoms with Gasteiger partial charge in [-0.25, -0.2) is 0 Å². The lowest BCUT2D eigenvalue weighted by molar-refractivity contribution is -0.134. The van der Waals surface area contributed by atoms with E-state index in [0.717, 1.165) is 43.9 Å². The maximum atomic E-state index is 12.1. The van der Waals surface area contributed by atoms with Gasteiger partial charge in [-0.1, -0.05) is 6.92 Å². The zero-order valence-corrected chi connectivity index (χ0v) is 11.5. The van der Waals surface area contributed by atoms with Crippen molar-refractivity contribution in [3.63, 3.8) is 0 Å². The van der Waals surface area contributed by atoms with Crippen molar-refractivity contribution in [2.75, 3.05) is 24.6 Å². The van der Waals surface area contributed by atoms with Gasteiger partial charge in [-0.3, -0.25) is 4.79 Å². The SMILES string of the molecule is CC1CSCCN(C(=O)CCC2(O)CCC2)C1. The summed E-state index contributed by atoms with van der Waals surface area (Å²) < 4.78 is 0. The fourth-order valence-corrected chi connectivity index (χ4v) is 3.56. The van der Waals surface area contributed by atoms with E-state index < -0.39 is 5.60 Å². The van der Waals surface area contributed by atoms with E-state index in [4.69, 9.17) is 0 Å². The third-order valence-corrected chi connectivity index (χ3v) is 5.16. The maximum absolute atomic E-state index is 12.1. The zero-order chi connectivity index (χ0) is 12.3. The molecule has 1 N–H and O–H groups in total. The Morgan fingerprint density at radius 1 is 1.53 bits per heavy atom. The lowest BCUT2D eigenvalue weighted by atomic mass is 9.77. The molecule has 1 aliphatic carbocycles. The van der Waals surface area contributed by atoms with Gasteiger partial charge in [0.05, 0.1) is 5.60 Å². The number of amides is 1. The van der Waals surface area contributed by atoms with Gasteiger partial charge < -0.3 is 10.0 Å². The third-order valence-electron chi connectivity index (χ3n) is 3.88. The highest BCUT2D eigenvalue weighted by atomic mass is 32.2. The molecule has 4 heteroatoms. The zero-order valence-electron chi connectivity index (χ0n) is 10.7. The van der Waals surface area contributed by atoms with E-state index >= 15 is 0 Å². The van der Waals surface area contributed by atoms with Crippen molar-refractivity contribution >= 4 is 17.7 Å². The highest BCUT2D eigenvalue weighted by Gasteiger charge is 2.35. The summed E-state index contributed by atoms with van der Waals surface area (Å²) in [5.41, 5.74) is -0.512. The summed E-state index contributed by atoms with van der Waals surface area (Å²) in [6.45, 7) is 3.98. The number of carbonyl (C=O) groups excluding carboxylic acids is 1. The lowest BCUT2D eigenvalue weighted by Crippen LogP contribution is -2.40. The number of carbonyl (C=O) groups is 1. The van der Waals surface area contributed by atoms with Crippen LogP contribution in [-0.4, -0.2) is 46.1 Å². The Morgan fingerprint density at radius 2 is 2.29 bits per heavy atom. The van der Waals surface area contributed by atoms with Crippen molar-refractivity contribution in [2.24, 2.45) is 5.92 Å². The molecule has 1 saturated carbocycles. The minimum atomic E-state index is -0.512. The Morgan fingerprint density at radius 3 is 2.94 bits per heavy atom. The molecule has 2 rings (SSSR count). The maximum Gasteiger partial charge on any atom is 0.222 e. The Balaban J connectivity index is 1.77. The van der Waals surface area contributed by atoms with Gasteiger partial charge in [0.25, 0.3) is 0 Å². The molecule has 1 saturated heterocycles. The summed E-state index contributed by atoms with van der Waals surface area (Å²) in [5, 5.41) is 9.99. The number of rotatable bonds is 3. The summed E-state index contributed by atoms with van der Waals surface area (Å²) in [7, 11) is 0. The highest BCUT2D eigenvalue weighted by molar-refractivity contribution is 7.99. The molecule has 1 aliphatic heterocycles. The average molecular weight is 257 g/mol. The summed E-state index contributed by atoms with van der Waals surface area (Å²) in [4.78, 5) is 14.1. The van der Waals surface area contributed by atoms with E-state index in [-0.39, 0.29) is 5.91 Å². The molecule has 98 valence electrons. The Kier molecular flexibility index (Phi) is 4.36. The van der Waals surface area contributed by atoms with Crippen LogP contribution in [0.2, 0.25) is 0 Å². The van der Waals surface area contributed by atoms with Crippen LogP contribution in [0.15, 0.2) is 0 Å². The van der Waals surface area contributed by atoms with Gasteiger partial charge in [0.15, 0.2) is 0 Å². The topological polar surface area (TPSA) is 40.5 Å². The number of thioether (sulfide) groups is 1. The molecule has 17 heavy (non-hydrogen) atoms. The first-order valence-corrected chi connectivity index (χ1v) is 7.82. The van der Waals surface area contributed by atoms with Crippen LogP contribution in [0.1, 0.15) is 39.0 Å². The quantitative estimate of drug-likeness (QED) is 0.839. The summed E-state index contributed by atoms with van der Waals surface area (Å²) in [5.74, 6) is 3.05. The van der Waals surface area contributed by atoms with Crippen LogP contribution in [0.4, 0.5) is 0 Å². The van der Waals surface area contributed by atoms with Crippen molar-refractivity contribution in [3.8, 4) is 0 Å². The van der Waals surface area contributed by atoms with Crippen LogP contribution in [-0.2, 0) is 4.79 Å². The molecule has 1 atom stereocenters. The van der Waals surface area contributed by atoms with Gasteiger partial charge in [0.2, 0.25) is 5.91 Å². The second kappa shape index (κ2) is 5.61. The first-order chi connectivity index (χ1) is 8.09. The van der Waals surface area contributed by atoms with E-state index in [1.807, 2.05) is 16.7 Å². The Hall–Kier alpha value is -0.220. The van der Waals surface area contributed by atoms with Crippen LogP contribution in [0, 0.1) is 5.92 Å². The molecule has 2 aliphatic rings. The summed E-state index contributed by atoms with van der Waals surface area (Å²) >= 11 is 1.94. The second-order valence-electron chi connectivity index (χ2n) is 5.60. The molecule has 1 heterocycles. The molecule has 1 amide bonds. The van der Waals surface area contributed by atoms with Gasteiger partial charge in [-0.05, 0) is 37.4 Å². The van der Waals surface area contributed by atoms with Gasteiger partial charge >= 0.3 is 0 Å². The first-order valence-electron chi connectivity index (χ1n) is 6.67. The van der Waals surface area contributed by atoms with Crippen LogP contribution in [0.3, 0.4) is 0 Å². The van der Waals surface area contributed by atoms with Gasteiger partial charge in [0.1, 0.15) is 0 Å². The number of aliphatic hydroxyl groups is 1. The average Bonchev–Trinajstić information content (AvgIpc) is 2.48. The molecule has 1 unspecified atom stereocenters. The second-order valence-corrected chi connectivity index (χ2v) is 6.75. The molecule has 0 aromatic heterocycles. The molecule has 3 nitrogen and oxygen atoms in total. The van der Waals surface area contributed by atoms with E-state index in [0.29, 0.717) is 18.8 Å². The Bertz CT molecular complexity index is 279. The van der Waals surface area contributed by atoms with Gasteiger partial charge in [0, 0.05) is 25.3 Å². The molecule has 2 fully saturated rings. The van der Waals surface area contributed by atoms with E-state index in [1.54, 1.807) is 0 Å². The van der Waals surface area contributed by atoms with Crippen LogP contribution in [0.25, 0.3) is 0 Å². The predicted molar refractivity (Wildman–Crippen MR) is 71.1 cm³/mol. The first kappa shape index (κ1) is 13.2. The molecular formula is C13H23NO2S. The number of hydrogen-bond donors (Lipinski definition) is 1. The van der Waals surface area contributed by atoms with Crippen molar-refractivity contribution in [3.05, 3.63) is 0 Å². The summed E-state index contributed by atoms with van der Waals surface area (Å²) in [6, 6.07) is 0. The van der Waals surface area contributed by atoms with Crippen molar-refractivity contribution in [1.82, 2.24) is 4.90 Å². The van der Waals surface area contributed by atoms with Crippen LogP contribution < -0.4 is 0 Å². The van der Waals surface area contributed by atoms with Gasteiger partial charge in [-0.15, -0.1) is 0 Å². The van der Waals surface area contributed by atoms with E-state index in [9.17, 15) is 9.90 Å². The molecule has 0 spiro atoms. The molecular weight excluding hydrogens is 234 g/mol. The Labute approximate surface area is 108 Å². The van der Waals surface area contributed by atoms with E-state index in [1.165, 1.54) is 0 Å². The van der Waals surface area contributed by atoms with Crippen molar-refractivity contribution < 1.29 is 9.90 Å². The molecule has 0 aromatic carbocycles. The third kappa shape index (κ3) is 3.62. The lowest BCUT2D eigenvalue weighted by Gasteiger charge is -2.37. The van der Waals surface area contributed by atoms with Crippen molar-refractivity contribution in [1.29, 1.82) is 0 Å². The predicted octanol–water partition coefficient (Wildman–Crippen LogP) is 1.89. The fraction of sp³-hybridized carbons (Fsp3) is 0.923. The monoisotopic (exact) mass is 257 g/mol. The van der Waals surface area contributed by atoms with Crippen LogP contribution in [0.5, 0.6) is 0 Å². The van der Waals surface area contributed by atoms with E-state index in [2.05, 4.69) is 6.92 Å². The molecule has 0 bridgehead atoms. The smallest absolute Gasteiger partial charge is 0.222 e. The fourth-order valence-electron chi connectivity index (χ4n) is 2.54. The molecule has 0 radical (unpaired) electrons.